The van der Waals surface area contributed by atoms with Crippen LogP contribution in [0.2, 0.25) is 0 Å². The first-order chi connectivity index (χ1) is 16.6. The van der Waals surface area contributed by atoms with Crippen LogP contribution in [0.25, 0.3) is 10.9 Å². The summed E-state index contributed by atoms with van der Waals surface area (Å²) in [5.41, 5.74) is 14.6. The number of aliphatic hydroxyl groups is 1. The van der Waals surface area contributed by atoms with Gasteiger partial charge in [-0.25, -0.2) is 4.99 Å². The fourth-order valence-electron chi connectivity index (χ4n) is 6.37. The van der Waals surface area contributed by atoms with Crippen molar-refractivity contribution in [3.8, 4) is 11.5 Å². The molecule has 4 atom stereocenters. The predicted molar refractivity (Wildman–Crippen MR) is 136 cm³/mol. The van der Waals surface area contributed by atoms with Gasteiger partial charge in [0, 0.05) is 28.9 Å². The number of nitrogens with one attached hydrogen (secondary N) is 2. The third kappa shape index (κ3) is 3.09. The molecule has 8 nitrogen and oxygen atoms in total. The molecule has 1 aliphatic heterocycles. The lowest BCUT2D eigenvalue weighted by molar-refractivity contribution is -0.0983. The number of aromatic hydroxyl groups is 1. The van der Waals surface area contributed by atoms with E-state index in [1.807, 2.05) is 31.2 Å². The molecule has 0 amide bonds. The number of aliphatic imine (C=N–C) groups is 1. The number of rotatable bonds is 5. The first kappa shape index (κ1) is 22.2. The van der Waals surface area contributed by atoms with Gasteiger partial charge in [-0.2, -0.15) is 0 Å². The average Bonchev–Trinajstić information content (AvgIpc) is 3.49. The van der Waals surface area contributed by atoms with E-state index in [9.17, 15) is 10.2 Å². The highest BCUT2D eigenvalue weighted by Crippen LogP contribution is 2.63. The molecule has 6 rings (SSSR count). The number of ether oxygens (including phenoxy) is 1. The molecular formula is C27H33N5O3. The number of phenolic OH excluding ortho intramolecular Hbond substituents is 1. The quantitative estimate of drug-likeness (QED) is 0.247. The highest BCUT2D eigenvalue weighted by Gasteiger charge is 2.65. The average molecular weight is 476 g/mol. The molecule has 184 valence electrons. The number of hydrogen-bond donors (Lipinski definition) is 6. The Balaban J connectivity index is 1.57. The maximum Gasteiger partial charge on any atom is 0.191 e. The molecule has 0 saturated heterocycles. The Bertz CT molecular complexity index is 1370. The second-order valence-electron chi connectivity index (χ2n) is 10.8. The highest BCUT2D eigenvalue weighted by molar-refractivity contribution is 5.90. The Labute approximate surface area is 204 Å². The molecule has 35 heavy (non-hydrogen) atoms. The zero-order valence-electron chi connectivity index (χ0n) is 20.4. The van der Waals surface area contributed by atoms with Crippen molar-refractivity contribution in [3.05, 3.63) is 52.7 Å². The number of aromatic nitrogens is 1. The summed E-state index contributed by atoms with van der Waals surface area (Å²) in [4.78, 5) is 7.78. The molecule has 2 aromatic carbocycles. The molecule has 2 heterocycles. The highest BCUT2D eigenvalue weighted by atomic mass is 16.5. The van der Waals surface area contributed by atoms with Gasteiger partial charge in [-0.05, 0) is 81.5 Å². The number of benzene rings is 2. The van der Waals surface area contributed by atoms with Crippen LogP contribution in [-0.4, -0.2) is 39.3 Å². The van der Waals surface area contributed by atoms with Gasteiger partial charge in [0.05, 0.1) is 22.4 Å². The van der Waals surface area contributed by atoms with Gasteiger partial charge < -0.3 is 36.7 Å². The third-order valence-electron chi connectivity index (χ3n) is 8.54. The Morgan fingerprint density at radius 1 is 1.29 bits per heavy atom. The van der Waals surface area contributed by atoms with Gasteiger partial charge in [-0.3, -0.25) is 0 Å². The van der Waals surface area contributed by atoms with Crippen molar-refractivity contribution in [1.29, 1.82) is 0 Å². The van der Waals surface area contributed by atoms with Crippen LogP contribution >= 0.6 is 0 Å². The Morgan fingerprint density at radius 3 is 2.77 bits per heavy atom. The maximum absolute atomic E-state index is 12.7. The molecule has 0 spiro atoms. The van der Waals surface area contributed by atoms with Crippen LogP contribution < -0.4 is 21.5 Å². The van der Waals surface area contributed by atoms with E-state index in [0.717, 1.165) is 39.8 Å². The third-order valence-corrected chi connectivity index (χ3v) is 8.54. The number of nitrogens with two attached hydrogens (primary N) is 2. The number of hydrogen-bond acceptors (Lipinski definition) is 5. The molecule has 1 saturated carbocycles. The van der Waals surface area contributed by atoms with Crippen LogP contribution in [0, 0.1) is 12.8 Å². The topological polar surface area (TPSA) is 142 Å². The van der Waals surface area contributed by atoms with E-state index in [1.54, 1.807) is 6.07 Å². The number of fused-ring (bicyclic) bond motifs is 7. The molecule has 1 fully saturated rings. The minimum atomic E-state index is -1.19. The van der Waals surface area contributed by atoms with Crippen LogP contribution in [0.15, 0.2) is 35.3 Å². The summed E-state index contributed by atoms with van der Waals surface area (Å²) in [5.74, 6) is 1.22. The first-order valence-electron chi connectivity index (χ1n) is 12.3. The number of phenols is 1. The Kier molecular flexibility index (Phi) is 4.69. The number of nitrogens with zero attached hydrogens (tertiary/aromatic N) is 1. The number of aromatic amines is 1. The summed E-state index contributed by atoms with van der Waals surface area (Å²) < 4.78 is 6.52. The van der Waals surface area contributed by atoms with Crippen molar-refractivity contribution in [2.24, 2.45) is 22.4 Å². The van der Waals surface area contributed by atoms with E-state index in [-0.39, 0.29) is 17.8 Å². The number of aryl methyl sites for hydroxylation is 1. The van der Waals surface area contributed by atoms with Crippen molar-refractivity contribution in [2.75, 3.05) is 6.54 Å². The predicted octanol–water partition coefficient (Wildman–Crippen LogP) is 3.15. The number of guanidine groups is 1. The van der Waals surface area contributed by atoms with Gasteiger partial charge in [0.2, 0.25) is 0 Å². The van der Waals surface area contributed by atoms with Gasteiger partial charge >= 0.3 is 0 Å². The van der Waals surface area contributed by atoms with E-state index in [1.165, 1.54) is 12.8 Å². The lowest BCUT2D eigenvalue weighted by Gasteiger charge is -2.52. The molecular weight excluding hydrogens is 442 g/mol. The van der Waals surface area contributed by atoms with Crippen molar-refractivity contribution in [2.45, 2.75) is 63.2 Å². The molecule has 1 aromatic heterocycles. The van der Waals surface area contributed by atoms with Crippen LogP contribution in [0.1, 0.15) is 55.2 Å². The lowest BCUT2D eigenvalue weighted by Crippen LogP contribution is -2.65. The van der Waals surface area contributed by atoms with E-state index < -0.39 is 17.1 Å². The Morgan fingerprint density at radius 2 is 2.06 bits per heavy atom. The SMILES string of the molecule is Cc1ccc(O)c2c1[C@@]1(C)[C@@H](O2)c2[nH]c3ccc(N=C(N)N)cc3c2C[C@@]1(O)C(C)NCC1CC1. The zero-order chi connectivity index (χ0) is 24.7. The molecule has 8 heteroatoms. The summed E-state index contributed by atoms with van der Waals surface area (Å²) in [6.45, 7) is 7.03. The number of H-pyrrole nitrogens is 1. The summed E-state index contributed by atoms with van der Waals surface area (Å²) in [6.07, 6.45) is 2.38. The van der Waals surface area contributed by atoms with E-state index in [0.29, 0.717) is 23.8 Å². The van der Waals surface area contributed by atoms with E-state index in [4.69, 9.17) is 16.2 Å². The maximum atomic E-state index is 12.7. The fourth-order valence-corrected chi connectivity index (χ4v) is 6.37. The second-order valence-corrected chi connectivity index (χ2v) is 10.8. The van der Waals surface area contributed by atoms with Gasteiger partial charge in [-0.1, -0.05) is 6.07 Å². The lowest BCUT2D eigenvalue weighted by atomic mass is 9.56. The van der Waals surface area contributed by atoms with Crippen LogP contribution in [-0.2, 0) is 11.8 Å². The summed E-state index contributed by atoms with van der Waals surface area (Å²) in [7, 11) is 0. The van der Waals surface area contributed by atoms with Crippen LogP contribution in [0.5, 0.6) is 11.5 Å². The van der Waals surface area contributed by atoms with Crippen LogP contribution in [0.3, 0.4) is 0 Å². The van der Waals surface area contributed by atoms with Crippen molar-refractivity contribution >= 4 is 22.5 Å². The van der Waals surface area contributed by atoms with Crippen LogP contribution in [0.4, 0.5) is 5.69 Å². The van der Waals surface area contributed by atoms with E-state index in [2.05, 4.69) is 29.1 Å². The minimum Gasteiger partial charge on any atom is -0.504 e. The van der Waals surface area contributed by atoms with Crippen molar-refractivity contribution in [3.63, 3.8) is 0 Å². The van der Waals surface area contributed by atoms with Gasteiger partial charge in [0.1, 0.15) is 0 Å². The first-order valence-corrected chi connectivity index (χ1v) is 12.3. The zero-order valence-corrected chi connectivity index (χ0v) is 20.4. The summed E-state index contributed by atoms with van der Waals surface area (Å²) in [6, 6.07) is 9.10. The van der Waals surface area contributed by atoms with Gasteiger partial charge in [0.25, 0.3) is 0 Å². The molecule has 2 aliphatic carbocycles. The summed E-state index contributed by atoms with van der Waals surface area (Å²) >= 11 is 0. The molecule has 0 bridgehead atoms. The standard InChI is InChI=1S/C27H33N5O3/c1-13-4-9-20(33)23-21(13)26(3)24(35-23)22-18(11-27(26,34)14(2)30-12-15-5-6-15)17-10-16(31-25(28)29)7-8-19(17)32-22/h4,7-10,14-15,24,30,32-34H,5-6,11-12H2,1-3H3,(H4,28,29,31)/t14?,24-,26-,27+/m0/s1. The smallest absolute Gasteiger partial charge is 0.191 e. The minimum absolute atomic E-state index is 0.00346. The van der Waals surface area contributed by atoms with Crippen molar-refractivity contribution in [1.82, 2.24) is 10.3 Å². The van der Waals surface area contributed by atoms with Gasteiger partial charge in [0.15, 0.2) is 23.6 Å². The Hall–Kier alpha value is -3.23. The van der Waals surface area contributed by atoms with E-state index >= 15 is 0 Å². The summed E-state index contributed by atoms with van der Waals surface area (Å²) in [5, 5.41) is 28.0. The molecule has 8 N–H and O–H groups in total. The van der Waals surface area contributed by atoms with Gasteiger partial charge in [-0.15, -0.1) is 0 Å². The molecule has 0 radical (unpaired) electrons. The fraction of sp³-hybridized carbons (Fsp3) is 0.444. The molecule has 3 aromatic rings. The van der Waals surface area contributed by atoms with Crippen molar-refractivity contribution < 1.29 is 14.9 Å². The normalized spacial score (nSPS) is 27.6. The molecule has 3 aliphatic rings. The molecule has 1 unspecified atom stereocenters. The largest absolute Gasteiger partial charge is 0.504 e. The monoisotopic (exact) mass is 475 g/mol. The second kappa shape index (κ2) is 7.38.